The predicted molar refractivity (Wildman–Crippen MR) is 73.6 cm³/mol. The lowest BCUT2D eigenvalue weighted by Gasteiger charge is -2.06. The van der Waals surface area contributed by atoms with Crippen LogP contribution in [0.4, 0.5) is 0 Å². The molecule has 4 nitrogen and oxygen atoms in total. The van der Waals surface area contributed by atoms with E-state index in [1.165, 1.54) is 0 Å². The molecule has 0 spiro atoms. The van der Waals surface area contributed by atoms with Crippen molar-refractivity contribution in [3.63, 3.8) is 0 Å². The molecule has 1 N–H and O–H groups in total. The first-order valence-electron chi connectivity index (χ1n) is 5.73. The van der Waals surface area contributed by atoms with Gasteiger partial charge in [-0.15, -0.1) is 0 Å². The van der Waals surface area contributed by atoms with E-state index < -0.39 is 0 Å². The van der Waals surface area contributed by atoms with Gasteiger partial charge >= 0.3 is 0 Å². The molecule has 0 fully saturated rings. The van der Waals surface area contributed by atoms with E-state index in [-0.39, 0.29) is 0 Å². The lowest BCUT2D eigenvalue weighted by atomic mass is 10.3. The van der Waals surface area contributed by atoms with Gasteiger partial charge in [0.2, 0.25) is 5.88 Å². The quantitative estimate of drug-likeness (QED) is 0.922. The molecule has 0 radical (unpaired) electrons. The van der Waals surface area contributed by atoms with Crippen LogP contribution in [0.3, 0.4) is 0 Å². The van der Waals surface area contributed by atoms with Gasteiger partial charge in [-0.25, -0.2) is 4.98 Å². The molecule has 0 aliphatic carbocycles. The molecule has 0 unspecified atom stereocenters. The largest absolute Gasteiger partial charge is 0.436 e. The van der Waals surface area contributed by atoms with Crippen LogP contribution >= 0.6 is 15.9 Å². The van der Waals surface area contributed by atoms with Crippen molar-refractivity contribution in [3.8, 4) is 11.6 Å². The lowest BCUT2D eigenvalue weighted by Crippen LogP contribution is -2.13. The van der Waals surface area contributed by atoms with Crippen molar-refractivity contribution < 1.29 is 4.74 Å². The Labute approximate surface area is 115 Å². The summed E-state index contributed by atoms with van der Waals surface area (Å²) in [5.41, 5.74) is 0.899. The second-order valence-electron chi connectivity index (χ2n) is 3.66. The molecule has 0 atom stereocenters. The molecule has 1 aromatic carbocycles. The van der Waals surface area contributed by atoms with Crippen LogP contribution < -0.4 is 10.1 Å². The Morgan fingerprint density at radius 1 is 1.22 bits per heavy atom. The molecular formula is C13H14BrN3O. The zero-order valence-corrected chi connectivity index (χ0v) is 11.6. The fourth-order valence-electron chi connectivity index (χ4n) is 1.38. The third-order valence-corrected chi connectivity index (χ3v) is 2.94. The van der Waals surface area contributed by atoms with E-state index in [0.29, 0.717) is 5.88 Å². The normalized spacial score (nSPS) is 10.3. The van der Waals surface area contributed by atoms with Gasteiger partial charge in [0.15, 0.2) is 0 Å². The van der Waals surface area contributed by atoms with Crippen molar-refractivity contribution in [2.24, 2.45) is 0 Å². The first-order valence-corrected chi connectivity index (χ1v) is 6.53. The summed E-state index contributed by atoms with van der Waals surface area (Å²) in [7, 11) is 0. The van der Waals surface area contributed by atoms with Crippen molar-refractivity contribution in [2.75, 3.05) is 6.54 Å². The average molecular weight is 308 g/mol. The fourth-order valence-corrected chi connectivity index (χ4v) is 1.75. The number of hydrogen-bond acceptors (Lipinski definition) is 4. The Bertz CT molecular complexity index is 502. The van der Waals surface area contributed by atoms with Crippen LogP contribution in [0, 0.1) is 0 Å². The van der Waals surface area contributed by atoms with Crippen molar-refractivity contribution in [1.82, 2.24) is 15.3 Å². The molecule has 1 aromatic heterocycles. The van der Waals surface area contributed by atoms with Crippen LogP contribution in [0.15, 0.2) is 41.1 Å². The summed E-state index contributed by atoms with van der Waals surface area (Å²) in [6.07, 6.45) is 3.35. The molecule has 1 heterocycles. The van der Waals surface area contributed by atoms with E-state index in [1.54, 1.807) is 12.4 Å². The van der Waals surface area contributed by atoms with Crippen molar-refractivity contribution in [3.05, 3.63) is 46.8 Å². The molecule has 94 valence electrons. The van der Waals surface area contributed by atoms with Gasteiger partial charge in [0, 0.05) is 6.54 Å². The van der Waals surface area contributed by atoms with Crippen molar-refractivity contribution in [2.45, 2.75) is 13.5 Å². The highest BCUT2D eigenvalue weighted by molar-refractivity contribution is 9.10. The number of ether oxygens (including phenoxy) is 1. The second kappa shape index (κ2) is 6.47. The van der Waals surface area contributed by atoms with Crippen LogP contribution in [0.1, 0.15) is 12.6 Å². The maximum atomic E-state index is 5.63. The van der Waals surface area contributed by atoms with Gasteiger partial charge in [0.25, 0.3) is 0 Å². The zero-order chi connectivity index (χ0) is 12.8. The molecule has 0 saturated carbocycles. The third kappa shape index (κ3) is 3.51. The third-order valence-electron chi connectivity index (χ3n) is 2.29. The SMILES string of the molecule is CCNCc1cnc(Oc2ccccc2Br)cn1. The minimum absolute atomic E-state index is 0.488. The monoisotopic (exact) mass is 307 g/mol. The fraction of sp³-hybridized carbons (Fsp3) is 0.231. The number of nitrogens with zero attached hydrogens (tertiary/aromatic N) is 2. The Hall–Kier alpha value is -1.46. The van der Waals surface area contributed by atoms with Gasteiger partial charge in [0.1, 0.15) is 5.75 Å². The van der Waals surface area contributed by atoms with Gasteiger partial charge in [-0.05, 0) is 34.6 Å². The van der Waals surface area contributed by atoms with Crippen LogP contribution in [0.25, 0.3) is 0 Å². The number of para-hydroxylation sites is 1. The molecular weight excluding hydrogens is 294 g/mol. The smallest absolute Gasteiger partial charge is 0.237 e. The van der Waals surface area contributed by atoms with Crippen molar-refractivity contribution in [1.29, 1.82) is 0 Å². The summed E-state index contributed by atoms with van der Waals surface area (Å²) < 4.78 is 6.52. The second-order valence-corrected chi connectivity index (χ2v) is 4.51. The molecule has 0 amide bonds. The van der Waals surface area contributed by atoms with Gasteiger partial charge < -0.3 is 10.1 Å². The number of aromatic nitrogens is 2. The molecule has 5 heteroatoms. The predicted octanol–water partition coefficient (Wildman–Crippen LogP) is 3.14. The van der Waals surface area contributed by atoms with Crippen LogP contribution in [0.2, 0.25) is 0 Å². The number of rotatable bonds is 5. The Balaban J connectivity index is 2.04. The van der Waals surface area contributed by atoms with E-state index in [0.717, 1.165) is 29.0 Å². The number of benzene rings is 1. The first-order chi connectivity index (χ1) is 8.79. The van der Waals surface area contributed by atoms with Gasteiger partial charge in [-0.3, -0.25) is 4.98 Å². The van der Waals surface area contributed by atoms with Gasteiger partial charge in [-0.1, -0.05) is 19.1 Å². The van der Waals surface area contributed by atoms with Crippen LogP contribution in [0.5, 0.6) is 11.6 Å². The van der Waals surface area contributed by atoms with Crippen LogP contribution in [-0.4, -0.2) is 16.5 Å². The molecule has 0 aliphatic rings. The Morgan fingerprint density at radius 2 is 2.06 bits per heavy atom. The summed E-state index contributed by atoms with van der Waals surface area (Å²) in [5.74, 6) is 1.22. The van der Waals surface area contributed by atoms with E-state index in [4.69, 9.17) is 4.74 Å². The van der Waals surface area contributed by atoms with Gasteiger partial charge in [0.05, 0.1) is 22.6 Å². The highest BCUT2D eigenvalue weighted by Crippen LogP contribution is 2.27. The van der Waals surface area contributed by atoms with Crippen LogP contribution in [-0.2, 0) is 6.54 Å². The van der Waals surface area contributed by atoms with Crippen molar-refractivity contribution >= 4 is 15.9 Å². The minimum Gasteiger partial charge on any atom is -0.436 e. The summed E-state index contributed by atoms with van der Waals surface area (Å²) in [6.45, 7) is 3.69. The van der Waals surface area contributed by atoms with Gasteiger partial charge in [-0.2, -0.15) is 0 Å². The number of halogens is 1. The topological polar surface area (TPSA) is 47.0 Å². The minimum atomic E-state index is 0.488. The van der Waals surface area contributed by atoms with E-state index in [1.807, 2.05) is 24.3 Å². The number of hydrogen-bond donors (Lipinski definition) is 1. The summed E-state index contributed by atoms with van der Waals surface area (Å²) in [6, 6.07) is 7.63. The molecule has 2 aromatic rings. The molecule has 18 heavy (non-hydrogen) atoms. The zero-order valence-electron chi connectivity index (χ0n) is 10.1. The highest BCUT2D eigenvalue weighted by atomic mass is 79.9. The van der Waals surface area contributed by atoms with E-state index in [2.05, 4.69) is 38.1 Å². The maximum Gasteiger partial charge on any atom is 0.237 e. The molecule has 0 bridgehead atoms. The lowest BCUT2D eigenvalue weighted by molar-refractivity contribution is 0.456. The Kier molecular flexibility index (Phi) is 4.66. The molecule has 0 aliphatic heterocycles. The Morgan fingerprint density at radius 3 is 2.72 bits per heavy atom. The standard InChI is InChI=1S/C13H14BrN3O/c1-2-15-7-10-8-17-13(9-16-10)18-12-6-4-3-5-11(12)14/h3-6,8-9,15H,2,7H2,1H3. The summed E-state index contributed by atoms with van der Waals surface area (Å²) in [5, 5.41) is 3.19. The van der Waals surface area contributed by atoms with E-state index >= 15 is 0 Å². The summed E-state index contributed by atoms with van der Waals surface area (Å²) >= 11 is 3.42. The highest BCUT2D eigenvalue weighted by Gasteiger charge is 2.03. The maximum absolute atomic E-state index is 5.63. The number of nitrogens with one attached hydrogen (secondary N) is 1. The summed E-state index contributed by atoms with van der Waals surface area (Å²) in [4.78, 5) is 8.50. The van der Waals surface area contributed by atoms with E-state index in [9.17, 15) is 0 Å². The first kappa shape index (κ1) is 13.0. The molecule has 0 saturated heterocycles. The molecule has 2 rings (SSSR count). The average Bonchev–Trinajstić information content (AvgIpc) is 2.41.